The Morgan fingerprint density at radius 1 is 1.43 bits per heavy atom. The van der Waals surface area contributed by atoms with Gasteiger partial charge in [0.1, 0.15) is 5.25 Å². The molecule has 0 unspecified atom stereocenters. The molecule has 0 radical (unpaired) electrons. The molecule has 0 bridgehead atoms. The van der Waals surface area contributed by atoms with E-state index in [-0.39, 0.29) is 11.2 Å². The quantitative estimate of drug-likeness (QED) is 0.824. The second-order valence-corrected chi connectivity index (χ2v) is 6.04. The molecule has 1 aromatic heterocycles. The predicted octanol–water partition coefficient (Wildman–Crippen LogP) is 1.80. The Bertz CT molecular complexity index is 611. The number of rotatable bonds is 6. The van der Waals surface area contributed by atoms with Crippen molar-refractivity contribution in [3.05, 3.63) is 35.9 Å². The van der Waals surface area contributed by atoms with E-state index in [1.54, 1.807) is 4.68 Å². The number of thioether (sulfide) groups is 1. The van der Waals surface area contributed by atoms with Gasteiger partial charge in [-0.2, -0.15) is 0 Å². The van der Waals surface area contributed by atoms with E-state index in [1.807, 2.05) is 37.3 Å². The highest BCUT2D eigenvalue weighted by Gasteiger charge is 2.30. The number of benzene rings is 1. The van der Waals surface area contributed by atoms with Crippen molar-refractivity contribution in [1.29, 1.82) is 0 Å². The standard InChI is InChI=1S/C14H17N5OS/c1-2-19-14(16-17-18-19)21-12(10-6-4-3-5-7-10)13(20)15-11-8-9-11/h3-7,11-12H,2,8-9H2,1H3,(H,15,20)/t12-/m1/s1. The number of nitrogens with one attached hydrogen (secondary N) is 1. The zero-order chi connectivity index (χ0) is 14.7. The van der Waals surface area contributed by atoms with Gasteiger partial charge in [-0.25, -0.2) is 4.68 Å². The zero-order valence-electron chi connectivity index (χ0n) is 11.8. The Labute approximate surface area is 127 Å². The van der Waals surface area contributed by atoms with Gasteiger partial charge in [0, 0.05) is 12.6 Å². The highest BCUT2D eigenvalue weighted by Crippen LogP contribution is 2.35. The minimum Gasteiger partial charge on any atom is -0.352 e. The fraction of sp³-hybridized carbons (Fsp3) is 0.429. The van der Waals surface area contributed by atoms with E-state index in [1.165, 1.54) is 11.8 Å². The Morgan fingerprint density at radius 3 is 2.86 bits per heavy atom. The first-order chi connectivity index (χ1) is 10.3. The van der Waals surface area contributed by atoms with E-state index in [0.717, 1.165) is 18.4 Å². The van der Waals surface area contributed by atoms with Gasteiger partial charge in [-0.05, 0) is 35.8 Å². The Hall–Kier alpha value is -1.89. The molecule has 1 N–H and O–H groups in total. The van der Waals surface area contributed by atoms with E-state index < -0.39 is 0 Å². The van der Waals surface area contributed by atoms with Crippen molar-refractivity contribution in [2.75, 3.05) is 0 Å². The number of carbonyl (C=O) groups excluding carboxylic acids is 1. The molecule has 3 rings (SSSR count). The van der Waals surface area contributed by atoms with Crippen LogP contribution in [0, 0.1) is 0 Å². The lowest BCUT2D eigenvalue weighted by molar-refractivity contribution is -0.120. The fourth-order valence-corrected chi connectivity index (χ4v) is 3.04. The number of nitrogens with zero attached hydrogens (tertiary/aromatic N) is 4. The van der Waals surface area contributed by atoms with Gasteiger partial charge in [0.25, 0.3) is 0 Å². The number of carbonyl (C=O) groups is 1. The summed E-state index contributed by atoms with van der Waals surface area (Å²) in [4.78, 5) is 12.5. The normalized spacial score (nSPS) is 15.7. The van der Waals surface area contributed by atoms with E-state index in [0.29, 0.717) is 17.7 Å². The van der Waals surface area contributed by atoms with Crippen molar-refractivity contribution < 1.29 is 4.79 Å². The summed E-state index contributed by atoms with van der Waals surface area (Å²) < 4.78 is 1.70. The van der Waals surface area contributed by atoms with Gasteiger partial charge in [0.2, 0.25) is 11.1 Å². The molecule has 21 heavy (non-hydrogen) atoms. The average Bonchev–Trinajstić information content (AvgIpc) is 3.21. The van der Waals surface area contributed by atoms with Crippen molar-refractivity contribution in [3.63, 3.8) is 0 Å². The monoisotopic (exact) mass is 303 g/mol. The SMILES string of the molecule is CCn1nnnc1S[C@@H](C(=O)NC1CC1)c1ccccc1. The molecule has 1 fully saturated rings. The predicted molar refractivity (Wildman–Crippen MR) is 79.7 cm³/mol. The third-order valence-corrected chi connectivity index (χ3v) is 4.51. The summed E-state index contributed by atoms with van der Waals surface area (Å²) in [5, 5.41) is 15.0. The average molecular weight is 303 g/mol. The summed E-state index contributed by atoms with van der Waals surface area (Å²) in [6, 6.07) is 10.1. The maximum Gasteiger partial charge on any atom is 0.238 e. The van der Waals surface area contributed by atoms with Crippen molar-refractivity contribution in [2.45, 2.75) is 42.8 Å². The maximum atomic E-state index is 12.5. The number of tetrazole rings is 1. The van der Waals surface area contributed by atoms with Crippen LogP contribution in [0.1, 0.15) is 30.6 Å². The molecule has 1 atom stereocenters. The van der Waals surface area contributed by atoms with Crippen LogP contribution in [0.2, 0.25) is 0 Å². The van der Waals surface area contributed by atoms with Crippen LogP contribution in [0.3, 0.4) is 0 Å². The molecule has 1 saturated carbocycles. The van der Waals surface area contributed by atoms with Crippen LogP contribution < -0.4 is 5.32 Å². The Kier molecular flexibility index (Phi) is 4.19. The molecule has 1 aromatic carbocycles. The smallest absolute Gasteiger partial charge is 0.238 e. The number of amides is 1. The van der Waals surface area contributed by atoms with E-state index in [2.05, 4.69) is 20.8 Å². The zero-order valence-corrected chi connectivity index (χ0v) is 12.6. The van der Waals surface area contributed by atoms with E-state index >= 15 is 0 Å². The molecule has 7 heteroatoms. The van der Waals surface area contributed by atoms with Gasteiger partial charge < -0.3 is 5.32 Å². The maximum absolute atomic E-state index is 12.5. The number of aryl methyl sites for hydroxylation is 1. The first kappa shape index (κ1) is 14.1. The summed E-state index contributed by atoms with van der Waals surface area (Å²) in [6.07, 6.45) is 2.15. The van der Waals surface area contributed by atoms with Crippen LogP contribution >= 0.6 is 11.8 Å². The highest BCUT2D eigenvalue weighted by atomic mass is 32.2. The van der Waals surface area contributed by atoms with Gasteiger partial charge in [-0.3, -0.25) is 4.79 Å². The number of hydrogen-bond acceptors (Lipinski definition) is 5. The van der Waals surface area contributed by atoms with Crippen LogP contribution in [0.5, 0.6) is 0 Å². The molecule has 110 valence electrons. The number of aromatic nitrogens is 4. The van der Waals surface area contributed by atoms with Gasteiger partial charge in [0.15, 0.2) is 0 Å². The summed E-state index contributed by atoms with van der Waals surface area (Å²) in [5.41, 5.74) is 0.964. The van der Waals surface area contributed by atoms with Crippen LogP contribution in [-0.4, -0.2) is 32.2 Å². The van der Waals surface area contributed by atoms with Crippen molar-refractivity contribution in [1.82, 2.24) is 25.5 Å². The van der Waals surface area contributed by atoms with Crippen LogP contribution in [-0.2, 0) is 11.3 Å². The topological polar surface area (TPSA) is 72.7 Å². The molecule has 1 aliphatic rings. The fourth-order valence-electron chi connectivity index (χ4n) is 1.99. The lowest BCUT2D eigenvalue weighted by Crippen LogP contribution is -2.30. The molecule has 1 aliphatic carbocycles. The molecule has 0 aliphatic heterocycles. The van der Waals surface area contributed by atoms with Crippen molar-refractivity contribution in [2.24, 2.45) is 0 Å². The molecular weight excluding hydrogens is 286 g/mol. The van der Waals surface area contributed by atoms with Crippen molar-refractivity contribution in [3.8, 4) is 0 Å². The molecule has 2 aromatic rings. The minimum absolute atomic E-state index is 0.0272. The minimum atomic E-state index is -0.330. The van der Waals surface area contributed by atoms with Gasteiger partial charge in [-0.15, -0.1) is 5.10 Å². The summed E-state index contributed by atoms with van der Waals surface area (Å²) in [7, 11) is 0. The Morgan fingerprint density at radius 2 is 2.19 bits per heavy atom. The first-order valence-corrected chi connectivity index (χ1v) is 7.94. The molecule has 1 heterocycles. The third-order valence-electron chi connectivity index (χ3n) is 3.29. The van der Waals surface area contributed by atoms with Crippen LogP contribution in [0.4, 0.5) is 0 Å². The van der Waals surface area contributed by atoms with Gasteiger partial charge >= 0.3 is 0 Å². The van der Waals surface area contributed by atoms with Gasteiger partial charge in [0.05, 0.1) is 0 Å². The largest absolute Gasteiger partial charge is 0.352 e. The Balaban J connectivity index is 1.83. The molecule has 1 amide bonds. The van der Waals surface area contributed by atoms with E-state index in [4.69, 9.17) is 0 Å². The second kappa shape index (κ2) is 6.26. The third kappa shape index (κ3) is 3.41. The number of hydrogen-bond donors (Lipinski definition) is 1. The lowest BCUT2D eigenvalue weighted by atomic mass is 10.1. The highest BCUT2D eigenvalue weighted by molar-refractivity contribution is 8.00. The first-order valence-electron chi connectivity index (χ1n) is 7.06. The molecule has 6 nitrogen and oxygen atoms in total. The summed E-state index contributed by atoms with van der Waals surface area (Å²) in [6.45, 7) is 2.66. The summed E-state index contributed by atoms with van der Waals surface area (Å²) in [5.74, 6) is 0.0272. The molecule has 0 saturated heterocycles. The second-order valence-electron chi connectivity index (χ2n) is 4.97. The van der Waals surface area contributed by atoms with Gasteiger partial charge in [-0.1, -0.05) is 42.1 Å². The lowest BCUT2D eigenvalue weighted by Gasteiger charge is -2.16. The van der Waals surface area contributed by atoms with Crippen LogP contribution in [0.15, 0.2) is 35.5 Å². The van der Waals surface area contributed by atoms with E-state index in [9.17, 15) is 4.79 Å². The molecule has 0 spiro atoms. The van der Waals surface area contributed by atoms with Crippen LogP contribution in [0.25, 0.3) is 0 Å². The molecular formula is C14H17N5OS. The summed E-state index contributed by atoms with van der Waals surface area (Å²) >= 11 is 1.39. The van der Waals surface area contributed by atoms with Crippen molar-refractivity contribution >= 4 is 17.7 Å².